The molecule has 138 valence electrons. The number of halogens is 2. The zero-order valence-corrected chi connectivity index (χ0v) is 13.9. The number of hydrogen-bond acceptors (Lipinski definition) is 5. The molecule has 1 saturated heterocycles. The molecule has 0 radical (unpaired) electrons. The minimum Gasteiger partial charge on any atom is -0.493 e. The molecule has 2 atom stereocenters. The van der Waals surface area contributed by atoms with Gasteiger partial charge in [0.1, 0.15) is 23.5 Å². The van der Waals surface area contributed by atoms with Crippen LogP contribution in [0, 0.1) is 17.6 Å². The van der Waals surface area contributed by atoms with Gasteiger partial charge in [-0.3, -0.25) is 4.98 Å². The zero-order chi connectivity index (χ0) is 18.5. The molecule has 1 aromatic carbocycles. The van der Waals surface area contributed by atoms with Gasteiger partial charge in [-0.25, -0.2) is 13.6 Å². The number of amides is 1. The van der Waals surface area contributed by atoms with E-state index in [0.29, 0.717) is 31.1 Å². The van der Waals surface area contributed by atoms with Gasteiger partial charge in [0.25, 0.3) is 0 Å². The summed E-state index contributed by atoms with van der Waals surface area (Å²) in [5, 5.41) is 0. The molecule has 1 aliphatic rings. The van der Waals surface area contributed by atoms with E-state index >= 15 is 0 Å². The van der Waals surface area contributed by atoms with Crippen molar-refractivity contribution in [2.75, 3.05) is 19.8 Å². The third kappa shape index (κ3) is 4.45. The Labute approximate surface area is 148 Å². The highest BCUT2D eigenvalue weighted by Gasteiger charge is 2.29. The lowest BCUT2D eigenvalue weighted by Gasteiger charge is -2.30. The van der Waals surface area contributed by atoms with Crippen molar-refractivity contribution in [2.45, 2.75) is 12.5 Å². The van der Waals surface area contributed by atoms with Crippen molar-refractivity contribution in [3.63, 3.8) is 0 Å². The van der Waals surface area contributed by atoms with Gasteiger partial charge in [0, 0.05) is 18.1 Å². The Bertz CT molecular complexity index is 770. The number of nitrogens with two attached hydrogens (primary N) is 1. The van der Waals surface area contributed by atoms with E-state index in [1.54, 1.807) is 6.07 Å². The standard InChI is InChI=1S/C18H18F2N2O4/c19-12-1-4-16(22-8-12)14-3-2-13(7-15(14)20)25-10-11-9-24-6-5-17(11)26-18(21)23/h1-4,7-8,11,17H,5-6,9-10H2,(H2,21,23). The quantitative estimate of drug-likeness (QED) is 0.882. The average molecular weight is 364 g/mol. The van der Waals surface area contributed by atoms with Crippen LogP contribution in [0.5, 0.6) is 5.75 Å². The van der Waals surface area contributed by atoms with Gasteiger partial charge in [-0.05, 0) is 24.3 Å². The summed E-state index contributed by atoms with van der Waals surface area (Å²) in [5.41, 5.74) is 5.64. The first-order valence-corrected chi connectivity index (χ1v) is 8.11. The lowest BCUT2D eigenvalue weighted by molar-refractivity contribution is -0.0541. The largest absolute Gasteiger partial charge is 0.493 e. The Morgan fingerprint density at radius 2 is 2.15 bits per heavy atom. The second-order valence-electron chi connectivity index (χ2n) is 5.91. The summed E-state index contributed by atoms with van der Waals surface area (Å²) < 4.78 is 43.3. The van der Waals surface area contributed by atoms with Gasteiger partial charge in [-0.1, -0.05) is 0 Å². The molecule has 3 rings (SSSR count). The van der Waals surface area contributed by atoms with Crippen LogP contribution in [0.15, 0.2) is 36.5 Å². The minimum absolute atomic E-state index is 0.186. The summed E-state index contributed by atoms with van der Waals surface area (Å²) >= 11 is 0. The normalized spacial score (nSPS) is 19.8. The predicted octanol–water partition coefficient (Wildman–Crippen LogP) is 2.91. The van der Waals surface area contributed by atoms with Gasteiger partial charge in [0.05, 0.1) is 37.6 Å². The number of benzene rings is 1. The first kappa shape index (κ1) is 18.1. The van der Waals surface area contributed by atoms with Crippen molar-refractivity contribution in [3.05, 3.63) is 48.2 Å². The van der Waals surface area contributed by atoms with Crippen molar-refractivity contribution in [1.29, 1.82) is 0 Å². The molecule has 2 N–H and O–H groups in total. The maximum absolute atomic E-state index is 14.3. The van der Waals surface area contributed by atoms with Gasteiger partial charge < -0.3 is 19.9 Å². The van der Waals surface area contributed by atoms with E-state index < -0.39 is 23.8 Å². The number of hydrogen-bond donors (Lipinski definition) is 1. The van der Waals surface area contributed by atoms with Crippen LogP contribution in [0.4, 0.5) is 13.6 Å². The summed E-state index contributed by atoms with van der Waals surface area (Å²) in [6.45, 7) is 1.02. The fourth-order valence-electron chi connectivity index (χ4n) is 2.77. The van der Waals surface area contributed by atoms with Crippen molar-refractivity contribution in [3.8, 4) is 17.0 Å². The number of ether oxygens (including phenoxy) is 3. The van der Waals surface area contributed by atoms with Crippen molar-refractivity contribution in [1.82, 2.24) is 4.98 Å². The van der Waals surface area contributed by atoms with Gasteiger partial charge in [-0.2, -0.15) is 0 Å². The number of carbonyl (C=O) groups is 1. The highest BCUT2D eigenvalue weighted by molar-refractivity contribution is 5.64. The number of pyridine rings is 1. The van der Waals surface area contributed by atoms with Gasteiger partial charge in [0.15, 0.2) is 0 Å². The smallest absolute Gasteiger partial charge is 0.404 e. The van der Waals surface area contributed by atoms with E-state index in [4.69, 9.17) is 19.9 Å². The summed E-state index contributed by atoms with van der Waals surface area (Å²) in [5.74, 6) is -0.905. The molecule has 2 heterocycles. The Morgan fingerprint density at radius 1 is 1.31 bits per heavy atom. The van der Waals surface area contributed by atoms with Crippen molar-refractivity contribution < 1.29 is 27.8 Å². The van der Waals surface area contributed by atoms with Gasteiger partial charge >= 0.3 is 6.09 Å². The molecule has 26 heavy (non-hydrogen) atoms. The number of carbonyl (C=O) groups excluding carboxylic acids is 1. The molecule has 8 heteroatoms. The summed E-state index contributed by atoms with van der Waals surface area (Å²) in [6, 6.07) is 6.96. The lowest BCUT2D eigenvalue weighted by atomic mass is 9.99. The Balaban J connectivity index is 1.65. The molecule has 1 aromatic heterocycles. The van der Waals surface area contributed by atoms with Crippen LogP contribution in [0.1, 0.15) is 6.42 Å². The topological polar surface area (TPSA) is 83.7 Å². The second kappa shape index (κ2) is 8.09. The van der Waals surface area contributed by atoms with E-state index in [0.717, 1.165) is 6.20 Å². The summed E-state index contributed by atoms with van der Waals surface area (Å²) in [7, 11) is 0. The van der Waals surface area contributed by atoms with E-state index in [-0.39, 0.29) is 18.1 Å². The molecule has 1 fully saturated rings. The third-order valence-corrected chi connectivity index (χ3v) is 4.08. The molecule has 6 nitrogen and oxygen atoms in total. The monoisotopic (exact) mass is 364 g/mol. The number of aromatic nitrogens is 1. The minimum atomic E-state index is -0.843. The maximum Gasteiger partial charge on any atom is 0.404 e. The van der Waals surface area contributed by atoms with Crippen LogP contribution in [0.3, 0.4) is 0 Å². The highest BCUT2D eigenvalue weighted by Crippen LogP contribution is 2.26. The fourth-order valence-corrected chi connectivity index (χ4v) is 2.77. The van der Waals surface area contributed by atoms with Crippen LogP contribution < -0.4 is 10.5 Å². The number of primary amides is 1. The fraction of sp³-hybridized carbons (Fsp3) is 0.333. The summed E-state index contributed by atoms with van der Waals surface area (Å²) in [4.78, 5) is 14.8. The Kier molecular flexibility index (Phi) is 5.62. The molecule has 1 aliphatic heterocycles. The summed E-state index contributed by atoms with van der Waals surface area (Å²) in [6.07, 6.45) is 0.319. The maximum atomic E-state index is 14.3. The SMILES string of the molecule is NC(=O)OC1CCOCC1COc1ccc(-c2ccc(F)cn2)c(F)c1. The molecule has 2 unspecified atom stereocenters. The second-order valence-corrected chi connectivity index (χ2v) is 5.91. The van der Waals surface area contributed by atoms with Crippen molar-refractivity contribution >= 4 is 6.09 Å². The van der Waals surface area contributed by atoms with Crippen LogP contribution in [0.25, 0.3) is 11.3 Å². The molecule has 0 saturated carbocycles. The van der Waals surface area contributed by atoms with Gasteiger partial charge in [0.2, 0.25) is 0 Å². The van der Waals surface area contributed by atoms with E-state index in [9.17, 15) is 13.6 Å². The van der Waals surface area contributed by atoms with Crippen LogP contribution in [0.2, 0.25) is 0 Å². The van der Waals surface area contributed by atoms with Gasteiger partial charge in [-0.15, -0.1) is 0 Å². The Morgan fingerprint density at radius 3 is 2.85 bits per heavy atom. The molecular formula is C18H18F2N2O4. The highest BCUT2D eigenvalue weighted by atomic mass is 19.1. The number of nitrogens with zero attached hydrogens (tertiary/aromatic N) is 1. The van der Waals surface area contributed by atoms with E-state index in [1.807, 2.05) is 0 Å². The lowest BCUT2D eigenvalue weighted by Crippen LogP contribution is -2.40. The van der Waals surface area contributed by atoms with Crippen LogP contribution in [-0.4, -0.2) is 37.0 Å². The zero-order valence-electron chi connectivity index (χ0n) is 13.9. The molecule has 1 amide bonds. The van der Waals surface area contributed by atoms with E-state index in [2.05, 4.69) is 4.98 Å². The molecule has 0 aliphatic carbocycles. The Hall–Kier alpha value is -2.74. The van der Waals surface area contributed by atoms with Crippen LogP contribution >= 0.6 is 0 Å². The first-order valence-electron chi connectivity index (χ1n) is 8.11. The third-order valence-electron chi connectivity index (χ3n) is 4.08. The molecule has 2 aromatic rings. The van der Waals surface area contributed by atoms with E-state index in [1.165, 1.54) is 24.3 Å². The number of rotatable bonds is 5. The molecule has 0 spiro atoms. The molecular weight excluding hydrogens is 346 g/mol. The van der Waals surface area contributed by atoms with Crippen LogP contribution in [-0.2, 0) is 9.47 Å². The first-order chi connectivity index (χ1) is 12.5. The van der Waals surface area contributed by atoms with Crippen molar-refractivity contribution in [2.24, 2.45) is 11.7 Å². The average Bonchev–Trinajstić information content (AvgIpc) is 2.62. The molecule has 0 bridgehead atoms. The predicted molar refractivity (Wildman–Crippen MR) is 88.5 cm³/mol.